The Morgan fingerprint density at radius 1 is 0.508 bits per heavy atom. The van der Waals surface area contributed by atoms with Crippen molar-refractivity contribution < 1.29 is 14.7 Å². The molecule has 8 aromatic rings. The third-order valence-corrected chi connectivity index (χ3v) is 8.16. The first-order valence-electron chi connectivity index (χ1n) is 21.1. The third-order valence-electron chi connectivity index (χ3n) is 8.16. The standard InChI is InChI=1S/C21H17N5O.C14H10N4O2.C7H9N.4C2H6/c27-21(22-14-16-7-3-1-4-8-16)19-11-18(17-9-5-2-6-10-17)12-20(13-19)26-15-23-24-25-26;19-14(20)12-6-11(10-4-2-1-3-5-10)7-13(8-12)18-9-15-16-17-18;8-6-7-4-2-1-3-5-7;4*1-2/h1-13,15H,14H2,(H,22,27);1-9H,(H,19,20);1-5H,6,8H2;4*1-2H3. The van der Waals surface area contributed by atoms with Crippen molar-refractivity contribution >= 4 is 11.9 Å². The summed E-state index contributed by atoms with van der Waals surface area (Å²) in [6.45, 7) is 17.1. The van der Waals surface area contributed by atoms with Crippen LogP contribution in [0.5, 0.6) is 0 Å². The number of hydrogen-bond acceptors (Lipinski definition) is 9. The number of benzene rings is 6. The summed E-state index contributed by atoms with van der Waals surface area (Å²) >= 11 is 0. The van der Waals surface area contributed by atoms with Crippen LogP contribution in [0.4, 0.5) is 0 Å². The van der Waals surface area contributed by atoms with Gasteiger partial charge in [-0.2, -0.15) is 0 Å². The van der Waals surface area contributed by atoms with Crippen molar-refractivity contribution in [3.63, 3.8) is 0 Å². The van der Waals surface area contributed by atoms with Gasteiger partial charge in [0.2, 0.25) is 0 Å². The fourth-order valence-corrected chi connectivity index (χ4v) is 5.39. The Hall–Kier alpha value is -7.64. The fraction of sp³-hybridized carbons (Fsp3) is 0.200. The van der Waals surface area contributed by atoms with Crippen molar-refractivity contribution in [1.82, 2.24) is 45.7 Å². The number of carbonyl (C=O) groups excluding carboxylic acids is 1. The van der Waals surface area contributed by atoms with Gasteiger partial charge in [-0.15, -0.1) is 10.2 Å². The van der Waals surface area contributed by atoms with Gasteiger partial charge in [0.1, 0.15) is 12.7 Å². The number of aromatic carboxylic acids is 1. The molecule has 13 nitrogen and oxygen atoms in total. The molecule has 0 saturated carbocycles. The maximum absolute atomic E-state index is 12.8. The van der Waals surface area contributed by atoms with Crippen LogP contribution in [0.3, 0.4) is 0 Å². The maximum atomic E-state index is 12.8. The number of carbonyl (C=O) groups is 2. The van der Waals surface area contributed by atoms with Crippen LogP contribution in [0, 0.1) is 0 Å². The van der Waals surface area contributed by atoms with Gasteiger partial charge in [0.15, 0.2) is 0 Å². The zero-order valence-corrected chi connectivity index (χ0v) is 37.5. The lowest BCUT2D eigenvalue weighted by Gasteiger charge is -2.10. The molecule has 2 aromatic heterocycles. The van der Waals surface area contributed by atoms with E-state index >= 15 is 0 Å². The smallest absolute Gasteiger partial charge is 0.335 e. The molecule has 0 radical (unpaired) electrons. The number of carboxylic acids is 1. The fourth-order valence-electron chi connectivity index (χ4n) is 5.39. The Kier molecular flexibility index (Phi) is 24.8. The summed E-state index contributed by atoms with van der Waals surface area (Å²) in [6.07, 6.45) is 2.94. The molecule has 63 heavy (non-hydrogen) atoms. The molecule has 1 amide bonds. The number of nitrogens with two attached hydrogens (primary N) is 1. The van der Waals surface area contributed by atoms with Gasteiger partial charge in [0.05, 0.1) is 16.9 Å². The largest absolute Gasteiger partial charge is 0.478 e. The molecule has 0 saturated heterocycles. The zero-order chi connectivity index (χ0) is 46.2. The van der Waals surface area contributed by atoms with Gasteiger partial charge in [-0.1, -0.05) is 177 Å². The highest BCUT2D eigenvalue weighted by atomic mass is 16.4. The van der Waals surface area contributed by atoms with Crippen LogP contribution < -0.4 is 11.1 Å². The van der Waals surface area contributed by atoms with Crippen LogP contribution in [0.2, 0.25) is 0 Å². The predicted octanol–water partition coefficient (Wildman–Crippen LogP) is 10.5. The van der Waals surface area contributed by atoms with E-state index in [0.717, 1.165) is 33.5 Å². The second kappa shape index (κ2) is 30.4. The topological polar surface area (TPSA) is 180 Å². The second-order valence-electron chi connectivity index (χ2n) is 11.9. The minimum atomic E-state index is -0.989. The van der Waals surface area contributed by atoms with Crippen LogP contribution in [-0.4, -0.2) is 57.4 Å². The third kappa shape index (κ3) is 17.1. The van der Waals surface area contributed by atoms with E-state index in [1.54, 1.807) is 16.8 Å². The van der Waals surface area contributed by atoms with E-state index in [0.29, 0.717) is 24.3 Å². The van der Waals surface area contributed by atoms with E-state index in [2.05, 4.69) is 36.4 Å². The minimum absolute atomic E-state index is 0.147. The molecule has 0 bridgehead atoms. The number of amides is 1. The molecule has 0 spiro atoms. The van der Waals surface area contributed by atoms with Crippen molar-refractivity contribution in [2.75, 3.05) is 0 Å². The number of tetrazole rings is 2. The number of rotatable bonds is 9. The molecular formula is C50H60N10O3. The van der Waals surface area contributed by atoms with E-state index in [1.165, 1.54) is 29.0 Å². The average molecular weight is 849 g/mol. The van der Waals surface area contributed by atoms with E-state index in [9.17, 15) is 14.7 Å². The van der Waals surface area contributed by atoms with E-state index in [4.69, 9.17) is 5.73 Å². The molecule has 0 atom stereocenters. The summed E-state index contributed by atoms with van der Waals surface area (Å²) in [7, 11) is 0. The van der Waals surface area contributed by atoms with E-state index in [-0.39, 0.29) is 11.5 Å². The maximum Gasteiger partial charge on any atom is 0.335 e. The molecular weight excluding hydrogens is 789 g/mol. The van der Waals surface area contributed by atoms with Crippen molar-refractivity contribution in [2.45, 2.75) is 68.5 Å². The van der Waals surface area contributed by atoms with Crippen LogP contribution in [0.1, 0.15) is 87.2 Å². The highest BCUT2D eigenvalue weighted by Crippen LogP contribution is 2.25. The predicted molar refractivity (Wildman–Crippen MR) is 253 cm³/mol. The molecule has 0 fully saturated rings. The molecule has 6 aromatic carbocycles. The molecule has 4 N–H and O–H groups in total. The molecule has 2 heterocycles. The van der Waals surface area contributed by atoms with Crippen LogP contribution in [0.25, 0.3) is 33.6 Å². The number of aromatic nitrogens is 8. The molecule has 8 rings (SSSR count). The SMILES string of the molecule is CC.CC.CC.CC.NCc1ccccc1.O=C(NCc1ccccc1)c1cc(-c2ccccc2)cc(-n2cnnn2)c1.O=C(O)c1cc(-c2ccccc2)cc(-n2cnnn2)c1. The van der Waals surface area contributed by atoms with Gasteiger partial charge in [-0.25, -0.2) is 14.2 Å². The van der Waals surface area contributed by atoms with E-state index in [1.807, 2.05) is 195 Å². The first-order chi connectivity index (χ1) is 31.0. The molecule has 328 valence electrons. The van der Waals surface area contributed by atoms with Crippen LogP contribution >= 0.6 is 0 Å². The van der Waals surface area contributed by atoms with Crippen molar-refractivity contribution in [1.29, 1.82) is 0 Å². The second-order valence-corrected chi connectivity index (χ2v) is 11.9. The van der Waals surface area contributed by atoms with Gasteiger partial charge in [-0.05, 0) is 90.6 Å². The Morgan fingerprint density at radius 2 is 0.889 bits per heavy atom. The van der Waals surface area contributed by atoms with Gasteiger partial charge >= 0.3 is 5.97 Å². The molecule has 0 unspecified atom stereocenters. The van der Waals surface area contributed by atoms with Crippen molar-refractivity contribution in [2.24, 2.45) is 5.73 Å². The lowest BCUT2D eigenvalue weighted by Crippen LogP contribution is -2.23. The highest BCUT2D eigenvalue weighted by Gasteiger charge is 2.13. The Labute approximate surface area is 371 Å². The quantitative estimate of drug-likeness (QED) is 0.126. The first kappa shape index (κ1) is 51.5. The number of carboxylic acid groups (broad SMARTS) is 1. The van der Waals surface area contributed by atoms with Gasteiger partial charge in [0, 0.05) is 18.7 Å². The van der Waals surface area contributed by atoms with Gasteiger partial charge < -0.3 is 16.2 Å². The lowest BCUT2D eigenvalue weighted by molar-refractivity contribution is 0.0696. The summed E-state index contributed by atoms with van der Waals surface area (Å²) in [5, 5.41) is 34.4. The molecule has 0 aliphatic rings. The van der Waals surface area contributed by atoms with Gasteiger partial charge in [-0.3, -0.25) is 4.79 Å². The summed E-state index contributed by atoms with van der Waals surface area (Å²) in [6, 6.07) is 49.9. The molecule has 0 aliphatic carbocycles. The minimum Gasteiger partial charge on any atom is -0.478 e. The Bertz CT molecular complexity index is 2400. The zero-order valence-electron chi connectivity index (χ0n) is 37.5. The van der Waals surface area contributed by atoms with Crippen molar-refractivity contribution in [3.8, 4) is 33.6 Å². The normalized spacial score (nSPS) is 9.35. The Balaban J connectivity index is 0.000000332. The van der Waals surface area contributed by atoms with Gasteiger partial charge in [0.25, 0.3) is 5.91 Å². The van der Waals surface area contributed by atoms with E-state index < -0.39 is 5.97 Å². The molecule has 0 aliphatic heterocycles. The summed E-state index contributed by atoms with van der Waals surface area (Å²) in [4.78, 5) is 24.0. The Morgan fingerprint density at radius 3 is 1.25 bits per heavy atom. The highest BCUT2D eigenvalue weighted by molar-refractivity contribution is 5.96. The van der Waals surface area contributed by atoms with Crippen molar-refractivity contribution in [3.05, 3.63) is 193 Å². The van der Waals surface area contributed by atoms with Crippen LogP contribution in [0.15, 0.2) is 170 Å². The lowest BCUT2D eigenvalue weighted by atomic mass is 10.0. The average Bonchev–Trinajstić information content (AvgIpc) is 4.14. The summed E-state index contributed by atoms with van der Waals surface area (Å²) in [5.41, 5.74) is 13.3. The van der Waals surface area contributed by atoms with Crippen LogP contribution in [-0.2, 0) is 13.1 Å². The number of nitrogens with zero attached hydrogens (tertiary/aromatic N) is 8. The summed E-state index contributed by atoms with van der Waals surface area (Å²) in [5.74, 6) is -1.14. The summed E-state index contributed by atoms with van der Waals surface area (Å²) < 4.78 is 2.97. The number of nitrogens with one attached hydrogen (secondary N) is 1. The molecule has 13 heteroatoms. The number of hydrogen-bond donors (Lipinski definition) is 3. The monoisotopic (exact) mass is 848 g/mol. The first-order valence-corrected chi connectivity index (χ1v) is 21.1.